The fraction of sp³-hybridized carbons (Fsp3) is 0.125. The van der Waals surface area contributed by atoms with E-state index in [0.29, 0.717) is 9.81 Å². The summed E-state index contributed by atoms with van der Waals surface area (Å²) in [5.41, 5.74) is -0.0736. The molecular weight excluding hydrogens is 238 g/mol. The number of halogens is 2. The highest BCUT2D eigenvalue weighted by atomic mass is 32.1. The van der Waals surface area contributed by atoms with Crippen LogP contribution in [0.25, 0.3) is 0 Å². The van der Waals surface area contributed by atoms with Gasteiger partial charge in [0.25, 0.3) is 5.91 Å². The minimum atomic E-state index is -2.75. The highest BCUT2D eigenvalue weighted by Gasteiger charge is 2.13. The standard InChI is InChI=1S/C8H6F2N4OS/c9-7(10)14-3-1-5(13-14)6(15)12-8-11-2-4-16-8/h1-4,7H,(H,11,12,15). The van der Waals surface area contributed by atoms with E-state index in [9.17, 15) is 13.6 Å². The van der Waals surface area contributed by atoms with Crippen molar-refractivity contribution in [1.29, 1.82) is 0 Å². The third-order valence-electron chi connectivity index (χ3n) is 1.69. The number of amides is 1. The van der Waals surface area contributed by atoms with Crippen LogP contribution >= 0.6 is 11.3 Å². The SMILES string of the molecule is O=C(Nc1nccs1)c1ccn(C(F)F)n1. The van der Waals surface area contributed by atoms with E-state index in [-0.39, 0.29) is 5.69 Å². The number of hydrogen-bond acceptors (Lipinski definition) is 4. The molecule has 0 saturated heterocycles. The normalized spacial score (nSPS) is 10.7. The molecule has 0 aliphatic heterocycles. The molecule has 2 rings (SSSR count). The average Bonchev–Trinajstić information content (AvgIpc) is 2.86. The molecule has 0 aliphatic rings. The lowest BCUT2D eigenvalue weighted by atomic mass is 10.4. The number of carbonyl (C=O) groups is 1. The lowest BCUT2D eigenvalue weighted by molar-refractivity contribution is 0.0561. The van der Waals surface area contributed by atoms with Crippen LogP contribution in [0.4, 0.5) is 13.9 Å². The summed E-state index contributed by atoms with van der Waals surface area (Å²) in [7, 11) is 0. The predicted octanol–water partition coefficient (Wildman–Crippen LogP) is 1.99. The summed E-state index contributed by atoms with van der Waals surface area (Å²) in [5, 5.41) is 7.95. The molecule has 2 aromatic rings. The maximum atomic E-state index is 12.2. The highest BCUT2D eigenvalue weighted by molar-refractivity contribution is 7.13. The van der Waals surface area contributed by atoms with Crippen molar-refractivity contribution in [3.05, 3.63) is 29.5 Å². The number of nitrogens with one attached hydrogen (secondary N) is 1. The van der Waals surface area contributed by atoms with Crippen LogP contribution in [-0.4, -0.2) is 20.7 Å². The summed E-state index contributed by atoms with van der Waals surface area (Å²) in [4.78, 5) is 15.3. The topological polar surface area (TPSA) is 59.8 Å². The van der Waals surface area contributed by atoms with Gasteiger partial charge in [0.2, 0.25) is 0 Å². The number of hydrogen-bond donors (Lipinski definition) is 1. The summed E-state index contributed by atoms with van der Waals surface area (Å²) in [6, 6.07) is 1.22. The first-order valence-corrected chi connectivity index (χ1v) is 5.09. The van der Waals surface area contributed by atoms with Gasteiger partial charge in [0.05, 0.1) is 0 Å². The van der Waals surface area contributed by atoms with Gasteiger partial charge in [-0.25, -0.2) is 9.67 Å². The van der Waals surface area contributed by atoms with Crippen molar-refractivity contribution in [1.82, 2.24) is 14.8 Å². The molecule has 0 unspecified atom stereocenters. The van der Waals surface area contributed by atoms with E-state index in [2.05, 4.69) is 15.4 Å². The summed E-state index contributed by atoms with van der Waals surface area (Å²) >= 11 is 1.23. The molecule has 0 atom stereocenters. The van der Waals surface area contributed by atoms with Gasteiger partial charge in [-0.3, -0.25) is 10.1 Å². The molecule has 0 saturated carbocycles. The lowest BCUT2D eigenvalue weighted by Gasteiger charge is -1.98. The molecule has 0 spiro atoms. The Hall–Kier alpha value is -1.83. The van der Waals surface area contributed by atoms with Gasteiger partial charge >= 0.3 is 6.55 Å². The van der Waals surface area contributed by atoms with Gasteiger partial charge in [0.15, 0.2) is 10.8 Å². The Labute approximate surface area is 92.7 Å². The van der Waals surface area contributed by atoms with Crippen LogP contribution in [0.3, 0.4) is 0 Å². The Morgan fingerprint density at radius 3 is 2.94 bits per heavy atom. The summed E-state index contributed by atoms with van der Waals surface area (Å²) in [6.07, 6.45) is 2.57. The van der Waals surface area contributed by atoms with Crippen molar-refractivity contribution in [3.8, 4) is 0 Å². The number of anilines is 1. The number of nitrogens with zero attached hydrogens (tertiary/aromatic N) is 3. The van der Waals surface area contributed by atoms with Crippen LogP contribution < -0.4 is 5.32 Å². The zero-order valence-electron chi connectivity index (χ0n) is 7.80. The second-order valence-electron chi connectivity index (χ2n) is 2.75. The first kappa shape index (κ1) is 10.7. The third kappa shape index (κ3) is 2.22. The van der Waals surface area contributed by atoms with Gasteiger partial charge < -0.3 is 0 Å². The van der Waals surface area contributed by atoms with Crippen molar-refractivity contribution in [2.24, 2.45) is 0 Å². The van der Waals surface area contributed by atoms with Gasteiger partial charge in [-0.2, -0.15) is 13.9 Å². The molecule has 2 heterocycles. The summed E-state index contributed by atoms with van der Waals surface area (Å²) < 4.78 is 24.8. The first-order chi connectivity index (χ1) is 7.66. The van der Waals surface area contributed by atoms with Crippen LogP contribution in [0, 0.1) is 0 Å². The maximum absolute atomic E-state index is 12.2. The Kier molecular flexibility index (Phi) is 2.91. The molecule has 1 N–H and O–H groups in total. The summed E-state index contributed by atoms with van der Waals surface area (Å²) in [5.74, 6) is -0.561. The summed E-state index contributed by atoms with van der Waals surface area (Å²) in [6.45, 7) is -2.75. The van der Waals surface area contributed by atoms with Gasteiger partial charge in [-0.05, 0) is 6.07 Å². The van der Waals surface area contributed by atoms with E-state index in [0.717, 1.165) is 6.20 Å². The highest BCUT2D eigenvalue weighted by Crippen LogP contribution is 2.13. The fourth-order valence-corrected chi connectivity index (χ4v) is 1.54. The van der Waals surface area contributed by atoms with Gasteiger partial charge in [-0.15, -0.1) is 11.3 Å². The van der Waals surface area contributed by atoms with Crippen LogP contribution in [0.15, 0.2) is 23.8 Å². The van der Waals surface area contributed by atoms with E-state index in [1.807, 2.05) is 0 Å². The Balaban J connectivity index is 2.09. The van der Waals surface area contributed by atoms with E-state index < -0.39 is 12.5 Å². The minimum Gasteiger partial charge on any atom is -0.296 e. The predicted molar refractivity (Wildman–Crippen MR) is 53.5 cm³/mol. The average molecular weight is 244 g/mol. The fourth-order valence-electron chi connectivity index (χ4n) is 1.01. The van der Waals surface area contributed by atoms with E-state index >= 15 is 0 Å². The smallest absolute Gasteiger partial charge is 0.296 e. The second kappa shape index (κ2) is 4.35. The molecule has 0 fully saturated rings. The molecule has 84 valence electrons. The van der Waals surface area contributed by atoms with Crippen molar-refractivity contribution in [3.63, 3.8) is 0 Å². The molecule has 16 heavy (non-hydrogen) atoms. The lowest BCUT2D eigenvalue weighted by Crippen LogP contribution is -2.13. The quantitative estimate of drug-likeness (QED) is 0.898. The molecular formula is C8H6F2N4OS. The van der Waals surface area contributed by atoms with Crippen LogP contribution in [0.2, 0.25) is 0 Å². The minimum absolute atomic E-state index is 0.0736. The molecule has 8 heteroatoms. The van der Waals surface area contributed by atoms with Crippen LogP contribution in [-0.2, 0) is 0 Å². The van der Waals surface area contributed by atoms with Gasteiger partial charge in [0, 0.05) is 17.8 Å². The molecule has 0 radical (unpaired) electrons. The molecule has 5 nitrogen and oxygen atoms in total. The molecule has 2 aromatic heterocycles. The number of rotatable bonds is 3. The number of alkyl halides is 2. The number of aromatic nitrogens is 3. The molecule has 0 aromatic carbocycles. The largest absolute Gasteiger partial charge is 0.333 e. The molecule has 1 amide bonds. The van der Waals surface area contributed by atoms with Crippen LogP contribution in [0.1, 0.15) is 17.0 Å². The van der Waals surface area contributed by atoms with E-state index in [1.165, 1.54) is 23.6 Å². The Bertz CT molecular complexity index is 482. The Morgan fingerprint density at radius 1 is 1.56 bits per heavy atom. The molecule has 0 bridgehead atoms. The number of thiazole rings is 1. The van der Waals surface area contributed by atoms with Crippen molar-refractivity contribution >= 4 is 22.4 Å². The monoisotopic (exact) mass is 244 g/mol. The maximum Gasteiger partial charge on any atom is 0.333 e. The molecule has 0 aliphatic carbocycles. The number of carbonyl (C=O) groups excluding carboxylic acids is 1. The third-order valence-corrected chi connectivity index (χ3v) is 2.38. The zero-order chi connectivity index (χ0) is 11.5. The Morgan fingerprint density at radius 2 is 2.38 bits per heavy atom. The van der Waals surface area contributed by atoms with Gasteiger partial charge in [0.1, 0.15) is 0 Å². The van der Waals surface area contributed by atoms with Crippen molar-refractivity contribution in [2.45, 2.75) is 6.55 Å². The zero-order valence-corrected chi connectivity index (χ0v) is 8.62. The first-order valence-electron chi connectivity index (χ1n) is 4.21. The van der Waals surface area contributed by atoms with E-state index in [4.69, 9.17) is 0 Å². The van der Waals surface area contributed by atoms with Crippen molar-refractivity contribution < 1.29 is 13.6 Å². The van der Waals surface area contributed by atoms with Crippen LogP contribution in [0.5, 0.6) is 0 Å². The van der Waals surface area contributed by atoms with Gasteiger partial charge in [-0.1, -0.05) is 0 Å². The van der Waals surface area contributed by atoms with E-state index in [1.54, 1.807) is 5.38 Å². The second-order valence-corrected chi connectivity index (χ2v) is 3.64. The van der Waals surface area contributed by atoms with Crippen molar-refractivity contribution in [2.75, 3.05) is 5.32 Å².